The Morgan fingerprint density at radius 2 is 1.79 bits per heavy atom. The molecule has 0 heterocycles. The molecule has 2 aromatic carbocycles. The van der Waals surface area contributed by atoms with Gasteiger partial charge in [-0.15, -0.1) is 0 Å². The lowest BCUT2D eigenvalue weighted by Crippen LogP contribution is -2.21. The minimum atomic E-state index is -0.274. The fourth-order valence-electron chi connectivity index (χ4n) is 2.45. The van der Waals surface area contributed by atoms with Gasteiger partial charge in [0.05, 0.1) is 5.56 Å². The van der Waals surface area contributed by atoms with Crippen LogP contribution in [0.1, 0.15) is 29.8 Å². The summed E-state index contributed by atoms with van der Waals surface area (Å²) in [5.74, 6) is -0.203. The summed E-state index contributed by atoms with van der Waals surface area (Å²) in [6.45, 7) is 5.74. The average molecular weight is 326 g/mol. The van der Waals surface area contributed by atoms with Gasteiger partial charge in [-0.1, -0.05) is 12.1 Å². The molecule has 2 aromatic rings. The zero-order valence-electron chi connectivity index (χ0n) is 13.9. The molecule has 2 N–H and O–H groups in total. The van der Waals surface area contributed by atoms with Crippen LogP contribution in [0.3, 0.4) is 0 Å². The van der Waals surface area contributed by atoms with E-state index in [0.29, 0.717) is 5.56 Å². The second kappa shape index (κ2) is 8.15. The van der Waals surface area contributed by atoms with Crippen molar-refractivity contribution in [3.63, 3.8) is 0 Å². The molecule has 0 atom stereocenters. The van der Waals surface area contributed by atoms with Gasteiger partial charge in [0.15, 0.2) is 5.78 Å². The minimum absolute atomic E-state index is 0.0517. The minimum Gasteiger partial charge on any atom is -0.507 e. The number of carbonyl (C=O) groups is 1. The number of para-hydroxylation sites is 1. The molecule has 0 radical (unpaired) electrons. The van der Waals surface area contributed by atoms with Crippen molar-refractivity contribution in [2.24, 2.45) is 4.99 Å². The van der Waals surface area contributed by atoms with Crippen molar-refractivity contribution in [1.29, 1.82) is 0 Å². The molecule has 126 valence electrons. The quantitative estimate of drug-likeness (QED) is 0.605. The van der Waals surface area contributed by atoms with Crippen molar-refractivity contribution in [3.05, 3.63) is 53.6 Å². The number of hydrogen-bond donors (Lipinski definition) is 2. The molecule has 0 aliphatic heterocycles. The number of phenolic OH excluding ortho intramolecular Hbond substituents is 2. The normalized spacial score (nSPS) is 10.9. The fourth-order valence-corrected chi connectivity index (χ4v) is 2.45. The predicted octanol–water partition coefficient (Wildman–Crippen LogP) is 3.25. The maximum Gasteiger partial charge on any atom is 0.187 e. The lowest BCUT2D eigenvalue weighted by molar-refractivity contribution is 0.0999. The van der Waals surface area contributed by atoms with E-state index in [1.807, 2.05) is 6.07 Å². The van der Waals surface area contributed by atoms with E-state index < -0.39 is 0 Å². The largest absolute Gasteiger partial charge is 0.507 e. The first-order valence-corrected chi connectivity index (χ1v) is 7.95. The summed E-state index contributed by atoms with van der Waals surface area (Å²) >= 11 is 0. The molecule has 0 saturated carbocycles. The molecular weight excluding hydrogens is 304 g/mol. The van der Waals surface area contributed by atoms with Gasteiger partial charge in [0.1, 0.15) is 18.0 Å². The molecule has 0 saturated heterocycles. The van der Waals surface area contributed by atoms with Crippen molar-refractivity contribution in [3.8, 4) is 11.5 Å². The summed E-state index contributed by atoms with van der Waals surface area (Å²) in [5.41, 5.74) is 1.74. The van der Waals surface area contributed by atoms with Crippen LogP contribution in [-0.4, -0.2) is 41.8 Å². The second-order valence-corrected chi connectivity index (χ2v) is 5.33. The van der Waals surface area contributed by atoms with Crippen molar-refractivity contribution >= 4 is 17.7 Å². The molecule has 0 bridgehead atoms. The molecule has 5 heteroatoms. The van der Waals surface area contributed by atoms with Crippen LogP contribution in [0, 0.1) is 0 Å². The average Bonchev–Trinajstić information content (AvgIpc) is 2.58. The number of benzene rings is 2. The molecule has 0 spiro atoms. The third-order valence-electron chi connectivity index (χ3n) is 3.81. The number of ketones is 1. The Hall–Kier alpha value is -2.82. The monoisotopic (exact) mass is 326 g/mol. The van der Waals surface area contributed by atoms with Gasteiger partial charge in [-0.2, -0.15) is 0 Å². The molecule has 0 fully saturated rings. The van der Waals surface area contributed by atoms with E-state index in [2.05, 4.69) is 23.7 Å². The van der Waals surface area contributed by atoms with Crippen molar-refractivity contribution < 1.29 is 15.0 Å². The summed E-state index contributed by atoms with van der Waals surface area (Å²) in [7, 11) is 0. The number of rotatable bonds is 7. The summed E-state index contributed by atoms with van der Waals surface area (Å²) in [4.78, 5) is 18.2. The van der Waals surface area contributed by atoms with Crippen LogP contribution in [0.4, 0.5) is 5.69 Å². The van der Waals surface area contributed by atoms with Gasteiger partial charge in [0.2, 0.25) is 0 Å². The predicted molar refractivity (Wildman–Crippen MR) is 96.6 cm³/mol. The molecular formula is C19H22N2O3. The Morgan fingerprint density at radius 1 is 1.08 bits per heavy atom. The smallest absolute Gasteiger partial charge is 0.187 e. The van der Waals surface area contributed by atoms with Gasteiger partial charge in [0, 0.05) is 36.6 Å². The van der Waals surface area contributed by atoms with E-state index in [1.54, 1.807) is 30.3 Å². The third kappa shape index (κ3) is 4.13. The standard InChI is InChI=1S/C19H22N2O3/c1-3-21(4-2)15-10-9-14(18(23)11-15)12-20-13-19(24)16-7-5-6-8-17(16)22/h5-12,22-23H,3-4,13H2,1-2H3. The molecule has 0 aliphatic rings. The van der Waals surface area contributed by atoms with Crippen LogP contribution in [0.5, 0.6) is 11.5 Å². The summed E-state index contributed by atoms with van der Waals surface area (Å²) in [6.07, 6.45) is 1.47. The van der Waals surface area contributed by atoms with Crippen molar-refractivity contribution in [2.75, 3.05) is 24.5 Å². The summed E-state index contributed by atoms with van der Waals surface area (Å²) in [6, 6.07) is 11.8. The maximum atomic E-state index is 12.0. The molecule has 0 amide bonds. The molecule has 2 rings (SSSR count). The highest BCUT2D eigenvalue weighted by molar-refractivity contribution is 6.01. The first-order valence-electron chi connectivity index (χ1n) is 7.95. The van der Waals surface area contributed by atoms with Crippen LogP contribution < -0.4 is 4.90 Å². The number of anilines is 1. The summed E-state index contributed by atoms with van der Waals surface area (Å²) in [5, 5.41) is 19.8. The topological polar surface area (TPSA) is 73.1 Å². The number of carbonyl (C=O) groups excluding carboxylic acids is 1. The van der Waals surface area contributed by atoms with E-state index in [9.17, 15) is 15.0 Å². The van der Waals surface area contributed by atoms with Crippen LogP contribution in [0.25, 0.3) is 0 Å². The van der Waals surface area contributed by atoms with E-state index in [4.69, 9.17) is 0 Å². The van der Waals surface area contributed by atoms with Crippen LogP contribution in [0.2, 0.25) is 0 Å². The second-order valence-electron chi connectivity index (χ2n) is 5.33. The lowest BCUT2D eigenvalue weighted by Gasteiger charge is -2.21. The van der Waals surface area contributed by atoms with E-state index in [0.717, 1.165) is 18.8 Å². The van der Waals surface area contributed by atoms with Crippen molar-refractivity contribution in [1.82, 2.24) is 0 Å². The van der Waals surface area contributed by atoms with Crippen LogP contribution >= 0.6 is 0 Å². The number of hydrogen-bond acceptors (Lipinski definition) is 5. The van der Waals surface area contributed by atoms with Gasteiger partial charge in [0.25, 0.3) is 0 Å². The van der Waals surface area contributed by atoms with Crippen molar-refractivity contribution in [2.45, 2.75) is 13.8 Å². The highest BCUT2D eigenvalue weighted by Crippen LogP contribution is 2.23. The van der Waals surface area contributed by atoms with E-state index in [1.165, 1.54) is 12.3 Å². The maximum absolute atomic E-state index is 12.0. The lowest BCUT2D eigenvalue weighted by atomic mass is 10.1. The molecule has 0 unspecified atom stereocenters. The molecule has 24 heavy (non-hydrogen) atoms. The van der Waals surface area contributed by atoms with Gasteiger partial charge < -0.3 is 15.1 Å². The van der Waals surface area contributed by atoms with Gasteiger partial charge in [-0.25, -0.2) is 0 Å². The van der Waals surface area contributed by atoms with Gasteiger partial charge in [-0.05, 0) is 38.1 Å². The zero-order valence-corrected chi connectivity index (χ0v) is 13.9. The number of aromatic hydroxyl groups is 2. The Balaban J connectivity index is 2.07. The van der Waals surface area contributed by atoms with Crippen LogP contribution in [0.15, 0.2) is 47.5 Å². The fraction of sp³-hybridized carbons (Fsp3) is 0.263. The highest BCUT2D eigenvalue weighted by atomic mass is 16.3. The third-order valence-corrected chi connectivity index (χ3v) is 3.81. The summed E-state index contributed by atoms with van der Waals surface area (Å²) < 4.78 is 0. The Kier molecular flexibility index (Phi) is 5.95. The Morgan fingerprint density at radius 3 is 2.42 bits per heavy atom. The Labute approximate surface area is 141 Å². The first-order chi connectivity index (χ1) is 11.6. The van der Waals surface area contributed by atoms with E-state index >= 15 is 0 Å². The number of phenols is 2. The molecule has 0 aromatic heterocycles. The SMILES string of the molecule is CCN(CC)c1ccc(C=NCC(=O)c2ccccc2O)c(O)c1. The molecule has 0 aliphatic carbocycles. The highest BCUT2D eigenvalue weighted by Gasteiger charge is 2.09. The zero-order chi connectivity index (χ0) is 17.5. The number of nitrogens with zero attached hydrogens (tertiary/aromatic N) is 2. The number of aliphatic imine (C=N–C) groups is 1. The number of Topliss-reactive ketones (excluding diaryl/α,β-unsaturated/α-hetero) is 1. The first kappa shape index (κ1) is 17.5. The Bertz CT molecular complexity index is 737. The molecule has 5 nitrogen and oxygen atoms in total. The van der Waals surface area contributed by atoms with Crippen LogP contribution in [-0.2, 0) is 0 Å². The van der Waals surface area contributed by atoms with Gasteiger partial charge in [-0.3, -0.25) is 9.79 Å². The van der Waals surface area contributed by atoms with Gasteiger partial charge >= 0.3 is 0 Å². The van der Waals surface area contributed by atoms with E-state index in [-0.39, 0.29) is 29.4 Å².